The van der Waals surface area contributed by atoms with Crippen molar-refractivity contribution in [2.24, 2.45) is 0 Å². The zero-order valence-corrected chi connectivity index (χ0v) is 8.66. The van der Waals surface area contributed by atoms with Crippen LogP contribution in [0.25, 0.3) is 0 Å². The summed E-state index contributed by atoms with van der Waals surface area (Å²) in [5, 5.41) is 0. The van der Waals surface area contributed by atoms with Crippen molar-refractivity contribution < 1.29 is 23.0 Å². The Hall–Kier alpha value is -1.92. The number of carbonyl (C=O) groups excluding carboxylic acids is 1. The van der Waals surface area contributed by atoms with E-state index in [-0.39, 0.29) is 17.1 Å². The Kier molecular flexibility index (Phi) is 3.60. The van der Waals surface area contributed by atoms with E-state index in [0.717, 1.165) is 13.2 Å². The number of nitrogen functional groups attached to an aromatic ring is 1. The molecular weight excluding hydrogens is 222 g/mol. The van der Waals surface area contributed by atoms with Gasteiger partial charge >= 0.3 is 5.97 Å². The van der Waals surface area contributed by atoms with Crippen LogP contribution in [0.4, 0.5) is 14.5 Å². The summed E-state index contributed by atoms with van der Waals surface area (Å²) in [6.07, 6.45) is -2.82. The number of anilines is 1. The molecule has 0 aliphatic heterocycles. The Morgan fingerprint density at radius 3 is 2.56 bits per heavy atom. The second-order valence-electron chi connectivity index (χ2n) is 2.80. The molecule has 0 spiro atoms. The smallest absolute Gasteiger partial charge is 0.358 e. The van der Waals surface area contributed by atoms with Crippen LogP contribution in [-0.2, 0) is 4.74 Å². The average molecular weight is 232 g/mol. The van der Waals surface area contributed by atoms with Crippen LogP contribution in [0.15, 0.2) is 6.07 Å². The Bertz CT molecular complexity index is 410. The number of nitrogens with zero attached hydrogens (tertiary/aromatic N) is 1. The largest absolute Gasteiger partial charge is 0.494 e. The molecule has 0 aliphatic carbocycles. The fourth-order valence-electron chi connectivity index (χ4n) is 1.08. The molecule has 7 heteroatoms. The lowest BCUT2D eigenvalue weighted by atomic mass is 10.2. The molecule has 0 aromatic carbocycles. The molecular formula is C9H10F2N2O3. The first-order chi connectivity index (χ1) is 7.51. The zero-order valence-electron chi connectivity index (χ0n) is 8.66. The second-order valence-corrected chi connectivity index (χ2v) is 2.80. The second kappa shape index (κ2) is 4.73. The van der Waals surface area contributed by atoms with Crippen LogP contribution < -0.4 is 10.5 Å². The topological polar surface area (TPSA) is 74.4 Å². The first kappa shape index (κ1) is 12.2. The number of esters is 1. The fraction of sp³-hybridized carbons (Fsp3) is 0.333. The number of methoxy groups -OCH3 is 2. The predicted octanol–water partition coefficient (Wildman–Crippen LogP) is 1.40. The van der Waals surface area contributed by atoms with E-state index in [0.29, 0.717) is 0 Å². The number of nitrogens with two attached hydrogens (primary N) is 1. The van der Waals surface area contributed by atoms with Crippen LogP contribution >= 0.6 is 0 Å². The molecule has 1 heterocycles. The lowest BCUT2D eigenvalue weighted by Gasteiger charge is -2.10. The summed E-state index contributed by atoms with van der Waals surface area (Å²) in [4.78, 5) is 14.6. The van der Waals surface area contributed by atoms with Crippen molar-refractivity contribution in [3.63, 3.8) is 0 Å². The summed E-state index contributed by atoms with van der Waals surface area (Å²) < 4.78 is 34.0. The third kappa shape index (κ3) is 2.18. The number of pyridine rings is 1. The number of halogens is 2. The highest BCUT2D eigenvalue weighted by Gasteiger charge is 2.21. The Morgan fingerprint density at radius 1 is 1.50 bits per heavy atom. The van der Waals surface area contributed by atoms with E-state index in [1.807, 2.05) is 0 Å². The summed E-state index contributed by atoms with van der Waals surface area (Å²) in [5.74, 6) is -0.927. The predicted molar refractivity (Wildman–Crippen MR) is 51.5 cm³/mol. The average Bonchev–Trinajstić information content (AvgIpc) is 2.28. The first-order valence-corrected chi connectivity index (χ1v) is 4.22. The summed E-state index contributed by atoms with van der Waals surface area (Å²) >= 11 is 0. The van der Waals surface area contributed by atoms with Gasteiger partial charge in [-0.15, -0.1) is 0 Å². The normalized spacial score (nSPS) is 10.3. The molecule has 1 rings (SSSR count). The molecule has 0 radical (unpaired) electrons. The highest BCUT2D eigenvalue weighted by Crippen LogP contribution is 2.29. The maximum absolute atomic E-state index is 12.5. The van der Waals surface area contributed by atoms with Gasteiger partial charge in [-0.1, -0.05) is 0 Å². The van der Waals surface area contributed by atoms with Crippen molar-refractivity contribution in [2.45, 2.75) is 6.43 Å². The van der Waals surface area contributed by atoms with Crippen molar-refractivity contribution in [3.05, 3.63) is 17.5 Å². The lowest BCUT2D eigenvalue weighted by molar-refractivity contribution is 0.0593. The number of carbonyl (C=O) groups is 1. The van der Waals surface area contributed by atoms with E-state index >= 15 is 0 Å². The van der Waals surface area contributed by atoms with Gasteiger partial charge < -0.3 is 15.2 Å². The van der Waals surface area contributed by atoms with Gasteiger partial charge in [0.05, 0.1) is 14.2 Å². The van der Waals surface area contributed by atoms with Gasteiger partial charge in [0.15, 0.2) is 5.69 Å². The van der Waals surface area contributed by atoms with E-state index < -0.39 is 18.1 Å². The number of rotatable bonds is 3. The number of aromatic nitrogens is 1. The van der Waals surface area contributed by atoms with Crippen molar-refractivity contribution in [3.8, 4) is 5.75 Å². The van der Waals surface area contributed by atoms with Gasteiger partial charge in [0.25, 0.3) is 6.43 Å². The third-order valence-corrected chi connectivity index (χ3v) is 1.86. The molecule has 1 aromatic rings. The fourth-order valence-corrected chi connectivity index (χ4v) is 1.08. The van der Waals surface area contributed by atoms with Crippen molar-refractivity contribution in [2.75, 3.05) is 20.0 Å². The molecule has 0 amide bonds. The minimum Gasteiger partial charge on any atom is -0.494 e. The van der Waals surface area contributed by atoms with E-state index in [4.69, 9.17) is 10.5 Å². The first-order valence-electron chi connectivity index (χ1n) is 4.22. The highest BCUT2D eigenvalue weighted by atomic mass is 19.3. The van der Waals surface area contributed by atoms with Gasteiger partial charge in [-0.25, -0.2) is 18.6 Å². The van der Waals surface area contributed by atoms with E-state index in [1.165, 1.54) is 7.11 Å². The highest BCUT2D eigenvalue weighted by molar-refractivity contribution is 5.94. The van der Waals surface area contributed by atoms with Gasteiger partial charge in [-0.05, 0) is 0 Å². The van der Waals surface area contributed by atoms with Crippen LogP contribution in [0.2, 0.25) is 0 Å². The molecule has 88 valence electrons. The molecule has 0 bridgehead atoms. The third-order valence-electron chi connectivity index (χ3n) is 1.86. The van der Waals surface area contributed by atoms with Crippen LogP contribution in [0.1, 0.15) is 22.6 Å². The number of hydrogen-bond donors (Lipinski definition) is 1. The minimum absolute atomic E-state index is 0.0364. The molecule has 16 heavy (non-hydrogen) atoms. The molecule has 5 nitrogen and oxygen atoms in total. The van der Waals surface area contributed by atoms with Crippen molar-refractivity contribution in [1.82, 2.24) is 4.98 Å². The van der Waals surface area contributed by atoms with Crippen molar-refractivity contribution in [1.29, 1.82) is 0 Å². The lowest BCUT2D eigenvalue weighted by Crippen LogP contribution is -2.11. The van der Waals surface area contributed by atoms with E-state index in [2.05, 4.69) is 9.72 Å². The Labute approximate surface area is 90.2 Å². The molecule has 0 fully saturated rings. The van der Waals surface area contributed by atoms with Gasteiger partial charge in [0, 0.05) is 6.07 Å². The summed E-state index contributed by atoms with van der Waals surface area (Å²) in [5.41, 5.74) is 4.41. The number of hydrogen-bond acceptors (Lipinski definition) is 5. The Morgan fingerprint density at radius 2 is 2.12 bits per heavy atom. The summed E-state index contributed by atoms with van der Waals surface area (Å²) in [6.45, 7) is 0. The number of alkyl halides is 2. The molecule has 1 aromatic heterocycles. The number of ether oxygens (including phenoxy) is 2. The van der Waals surface area contributed by atoms with Crippen LogP contribution in [0, 0.1) is 0 Å². The van der Waals surface area contributed by atoms with Gasteiger partial charge in [-0.3, -0.25) is 0 Å². The molecule has 0 unspecified atom stereocenters. The van der Waals surface area contributed by atoms with E-state index in [1.54, 1.807) is 0 Å². The standard InChI is InChI=1S/C9H10F2N2O3/c1-15-5-3-4(8(10)11)13-7(6(5)12)9(14)16-2/h3,8H,12H2,1-2H3. The molecule has 0 atom stereocenters. The van der Waals surface area contributed by atoms with Crippen LogP contribution in [0.5, 0.6) is 5.75 Å². The molecule has 0 aliphatic rings. The van der Waals surface area contributed by atoms with Gasteiger partial charge in [0.1, 0.15) is 17.1 Å². The molecule has 2 N–H and O–H groups in total. The quantitative estimate of drug-likeness (QED) is 0.797. The SMILES string of the molecule is COC(=O)c1nc(C(F)F)cc(OC)c1N. The maximum atomic E-state index is 12.5. The summed E-state index contributed by atoms with van der Waals surface area (Å²) in [6, 6.07) is 0.979. The van der Waals surface area contributed by atoms with Crippen molar-refractivity contribution >= 4 is 11.7 Å². The van der Waals surface area contributed by atoms with Gasteiger partial charge in [-0.2, -0.15) is 0 Å². The van der Waals surface area contributed by atoms with Gasteiger partial charge in [0.2, 0.25) is 0 Å². The van der Waals surface area contributed by atoms with E-state index in [9.17, 15) is 13.6 Å². The zero-order chi connectivity index (χ0) is 12.3. The van der Waals surface area contributed by atoms with Crippen LogP contribution in [-0.4, -0.2) is 25.2 Å². The summed E-state index contributed by atoms with van der Waals surface area (Å²) in [7, 11) is 2.35. The molecule has 0 saturated carbocycles. The monoisotopic (exact) mass is 232 g/mol. The maximum Gasteiger partial charge on any atom is 0.358 e. The Balaban J connectivity index is 3.35. The minimum atomic E-state index is -2.82. The molecule has 0 saturated heterocycles. The van der Waals surface area contributed by atoms with Crippen LogP contribution in [0.3, 0.4) is 0 Å².